The van der Waals surface area contributed by atoms with E-state index in [1.165, 1.54) is 6.20 Å². The lowest BCUT2D eigenvalue weighted by Crippen LogP contribution is -1.90. The maximum absolute atomic E-state index is 9.80. The summed E-state index contributed by atoms with van der Waals surface area (Å²) in [6.45, 7) is 0. The fourth-order valence-corrected chi connectivity index (χ4v) is 1.99. The molecule has 2 aromatic carbocycles. The minimum absolute atomic E-state index is 0.141. The molecule has 0 fully saturated rings. The van der Waals surface area contributed by atoms with Crippen molar-refractivity contribution in [2.75, 3.05) is 7.11 Å². The second-order valence-corrected chi connectivity index (χ2v) is 4.27. The number of pyridine rings is 1. The highest BCUT2D eigenvalue weighted by Gasteiger charge is 2.08. The number of benzene rings is 2. The van der Waals surface area contributed by atoms with Crippen molar-refractivity contribution in [1.29, 1.82) is 0 Å². The van der Waals surface area contributed by atoms with E-state index in [4.69, 9.17) is 9.47 Å². The van der Waals surface area contributed by atoms with Crippen molar-refractivity contribution in [2.24, 2.45) is 0 Å². The lowest BCUT2D eigenvalue weighted by Gasteiger charge is -2.09. The maximum atomic E-state index is 9.80. The van der Waals surface area contributed by atoms with E-state index in [0.29, 0.717) is 17.0 Å². The van der Waals surface area contributed by atoms with Crippen molar-refractivity contribution in [3.63, 3.8) is 0 Å². The largest absolute Gasteiger partial charge is 0.506 e. The monoisotopic (exact) mass is 267 g/mol. The van der Waals surface area contributed by atoms with Crippen LogP contribution in [0.25, 0.3) is 10.8 Å². The van der Waals surface area contributed by atoms with Crippen LogP contribution in [0.5, 0.6) is 23.1 Å². The highest BCUT2D eigenvalue weighted by atomic mass is 16.5. The van der Waals surface area contributed by atoms with Crippen LogP contribution in [-0.4, -0.2) is 17.2 Å². The average molecular weight is 267 g/mol. The molecule has 0 bridgehead atoms. The third-order valence-corrected chi connectivity index (χ3v) is 3.01. The van der Waals surface area contributed by atoms with Gasteiger partial charge in [-0.2, -0.15) is 0 Å². The van der Waals surface area contributed by atoms with Gasteiger partial charge in [-0.15, -0.1) is 0 Å². The van der Waals surface area contributed by atoms with E-state index in [2.05, 4.69) is 4.98 Å². The molecule has 1 heterocycles. The second-order valence-electron chi connectivity index (χ2n) is 4.27. The van der Waals surface area contributed by atoms with Crippen molar-refractivity contribution in [2.45, 2.75) is 0 Å². The molecule has 0 aliphatic heterocycles. The Bertz CT molecular complexity index is 738. The molecule has 3 aromatic rings. The normalized spacial score (nSPS) is 10.4. The Balaban J connectivity index is 2.00. The molecular formula is C16H13NO3. The molecule has 0 aliphatic carbocycles. The van der Waals surface area contributed by atoms with Crippen molar-refractivity contribution < 1.29 is 14.6 Å². The van der Waals surface area contributed by atoms with Gasteiger partial charge in [0.1, 0.15) is 17.2 Å². The van der Waals surface area contributed by atoms with Gasteiger partial charge in [-0.1, -0.05) is 18.2 Å². The number of hydrogen-bond donors (Lipinski definition) is 1. The van der Waals surface area contributed by atoms with Crippen molar-refractivity contribution >= 4 is 10.8 Å². The lowest BCUT2D eigenvalue weighted by atomic mass is 10.1. The summed E-state index contributed by atoms with van der Waals surface area (Å²) < 4.78 is 10.9. The maximum Gasteiger partial charge on any atom is 0.227 e. The summed E-state index contributed by atoms with van der Waals surface area (Å²) in [7, 11) is 1.62. The standard InChI is InChI=1S/C16H13NO3/c1-19-11-6-8-12(9-7-11)20-16-14-5-3-2-4-13(14)15(18)10-17-16/h2-10,18H,1H3. The molecule has 100 valence electrons. The van der Waals surface area contributed by atoms with Crippen molar-refractivity contribution in [1.82, 2.24) is 4.98 Å². The van der Waals surface area contributed by atoms with E-state index in [9.17, 15) is 5.11 Å². The molecular weight excluding hydrogens is 254 g/mol. The number of fused-ring (bicyclic) bond motifs is 1. The van der Waals surface area contributed by atoms with E-state index < -0.39 is 0 Å². The van der Waals surface area contributed by atoms with Crippen LogP contribution in [0.3, 0.4) is 0 Å². The highest BCUT2D eigenvalue weighted by molar-refractivity contribution is 5.91. The Morgan fingerprint density at radius 2 is 1.55 bits per heavy atom. The van der Waals surface area contributed by atoms with Crippen LogP contribution in [0.4, 0.5) is 0 Å². The molecule has 0 saturated heterocycles. The molecule has 0 amide bonds. The molecule has 1 aromatic heterocycles. The zero-order valence-electron chi connectivity index (χ0n) is 10.9. The predicted octanol–water partition coefficient (Wildman–Crippen LogP) is 3.74. The summed E-state index contributed by atoms with van der Waals surface area (Å²) in [6, 6.07) is 14.7. The number of rotatable bonds is 3. The topological polar surface area (TPSA) is 51.6 Å². The number of aromatic hydroxyl groups is 1. The zero-order chi connectivity index (χ0) is 13.9. The van der Waals surface area contributed by atoms with Crippen LogP contribution in [0.15, 0.2) is 54.7 Å². The molecule has 0 saturated carbocycles. The summed E-state index contributed by atoms with van der Waals surface area (Å²) in [5.74, 6) is 2.03. The Labute approximate surface area is 116 Å². The lowest BCUT2D eigenvalue weighted by molar-refractivity contribution is 0.412. The van der Waals surface area contributed by atoms with Crippen molar-refractivity contribution in [3.05, 3.63) is 54.7 Å². The number of aromatic nitrogens is 1. The number of nitrogens with zero attached hydrogens (tertiary/aromatic N) is 1. The molecule has 0 atom stereocenters. The summed E-state index contributed by atoms with van der Waals surface area (Å²) >= 11 is 0. The van der Waals surface area contributed by atoms with Gasteiger partial charge in [-0.25, -0.2) is 4.98 Å². The van der Waals surface area contributed by atoms with Crippen molar-refractivity contribution in [3.8, 4) is 23.1 Å². The Morgan fingerprint density at radius 3 is 2.25 bits per heavy atom. The van der Waals surface area contributed by atoms with Crippen LogP contribution in [-0.2, 0) is 0 Å². The van der Waals surface area contributed by atoms with Gasteiger partial charge in [0.15, 0.2) is 0 Å². The first-order valence-electron chi connectivity index (χ1n) is 6.16. The number of methoxy groups -OCH3 is 1. The van der Waals surface area contributed by atoms with E-state index >= 15 is 0 Å². The van der Waals surface area contributed by atoms with Crippen LogP contribution in [0, 0.1) is 0 Å². The SMILES string of the molecule is COc1ccc(Oc2ncc(O)c3ccccc23)cc1. The molecule has 0 aliphatic rings. The molecule has 1 N–H and O–H groups in total. The van der Waals surface area contributed by atoms with E-state index in [1.807, 2.05) is 48.5 Å². The fourth-order valence-electron chi connectivity index (χ4n) is 1.99. The fraction of sp³-hybridized carbons (Fsp3) is 0.0625. The van der Waals surface area contributed by atoms with Gasteiger partial charge in [-0.3, -0.25) is 0 Å². The van der Waals surface area contributed by atoms with Gasteiger partial charge < -0.3 is 14.6 Å². The molecule has 4 heteroatoms. The van der Waals surface area contributed by atoms with E-state index in [1.54, 1.807) is 7.11 Å². The Kier molecular flexibility index (Phi) is 3.13. The molecule has 20 heavy (non-hydrogen) atoms. The average Bonchev–Trinajstić information content (AvgIpc) is 2.51. The van der Waals surface area contributed by atoms with Gasteiger partial charge in [0.2, 0.25) is 5.88 Å². The van der Waals surface area contributed by atoms with Gasteiger partial charge in [0, 0.05) is 10.8 Å². The minimum atomic E-state index is 0.141. The first-order chi connectivity index (χ1) is 9.78. The van der Waals surface area contributed by atoms with Crippen LogP contribution in [0.1, 0.15) is 0 Å². The first kappa shape index (κ1) is 12.3. The van der Waals surface area contributed by atoms with Crippen LogP contribution in [0.2, 0.25) is 0 Å². The van der Waals surface area contributed by atoms with Crippen LogP contribution >= 0.6 is 0 Å². The van der Waals surface area contributed by atoms with E-state index in [0.717, 1.165) is 11.1 Å². The molecule has 3 rings (SSSR count). The molecule has 0 unspecified atom stereocenters. The van der Waals surface area contributed by atoms with Gasteiger partial charge >= 0.3 is 0 Å². The summed E-state index contributed by atoms with van der Waals surface area (Å²) in [6.07, 6.45) is 1.39. The first-order valence-corrected chi connectivity index (χ1v) is 6.16. The zero-order valence-corrected chi connectivity index (χ0v) is 10.9. The minimum Gasteiger partial charge on any atom is -0.506 e. The third-order valence-electron chi connectivity index (χ3n) is 3.01. The quantitative estimate of drug-likeness (QED) is 0.785. The highest BCUT2D eigenvalue weighted by Crippen LogP contribution is 2.32. The molecule has 0 spiro atoms. The second kappa shape index (κ2) is 5.09. The third kappa shape index (κ3) is 2.23. The molecule has 4 nitrogen and oxygen atoms in total. The summed E-state index contributed by atoms with van der Waals surface area (Å²) in [5.41, 5.74) is 0. The Morgan fingerprint density at radius 1 is 0.900 bits per heavy atom. The van der Waals surface area contributed by atoms with Gasteiger partial charge in [0.05, 0.1) is 13.3 Å². The Hall–Kier alpha value is -2.75. The van der Waals surface area contributed by atoms with E-state index in [-0.39, 0.29) is 5.75 Å². The summed E-state index contributed by atoms with van der Waals surface area (Å²) in [4.78, 5) is 4.14. The van der Waals surface area contributed by atoms with Gasteiger partial charge in [-0.05, 0) is 30.3 Å². The summed E-state index contributed by atoms with van der Waals surface area (Å²) in [5, 5.41) is 11.3. The van der Waals surface area contributed by atoms with Gasteiger partial charge in [0.25, 0.3) is 0 Å². The molecule has 0 radical (unpaired) electrons. The number of ether oxygens (including phenoxy) is 2. The predicted molar refractivity (Wildman–Crippen MR) is 76.5 cm³/mol. The smallest absolute Gasteiger partial charge is 0.227 e. The van der Waals surface area contributed by atoms with Crippen LogP contribution < -0.4 is 9.47 Å². The number of hydrogen-bond acceptors (Lipinski definition) is 4.